The molecule has 182 valence electrons. The van der Waals surface area contributed by atoms with Gasteiger partial charge in [-0.25, -0.2) is 4.98 Å². The molecule has 0 saturated carbocycles. The highest BCUT2D eigenvalue weighted by Crippen LogP contribution is 2.39. The molecule has 2 heterocycles. The third-order valence-electron chi connectivity index (χ3n) is 5.93. The molecule has 0 unspecified atom stereocenters. The SMILES string of the molecule is COc1cc(NC(=O)c2ccc(Cl)cc2Cl)ccc1C(=O)N1CCc2sc(C)nc2-c2ccccc21. The third-order valence-corrected chi connectivity index (χ3v) is 7.51. The fourth-order valence-electron chi connectivity index (χ4n) is 4.27. The summed E-state index contributed by atoms with van der Waals surface area (Å²) in [4.78, 5) is 34.2. The van der Waals surface area contributed by atoms with Crippen molar-refractivity contribution in [3.05, 3.63) is 91.7 Å². The molecule has 2 amide bonds. The third kappa shape index (κ3) is 4.57. The van der Waals surface area contributed by atoms with Gasteiger partial charge < -0.3 is 15.0 Å². The van der Waals surface area contributed by atoms with Gasteiger partial charge in [0.25, 0.3) is 11.8 Å². The number of carbonyl (C=O) groups excluding carboxylic acids is 2. The minimum Gasteiger partial charge on any atom is -0.496 e. The van der Waals surface area contributed by atoms with Crippen LogP contribution in [0, 0.1) is 6.92 Å². The molecule has 6 nitrogen and oxygen atoms in total. The maximum absolute atomic E-state index is 13.8. The zero-order valence-electron chi connectivity index (χ0n) is 19.5. The summed E-state index contributed by atoms with van der Waals surface area (Å²) < 4.78 is 5.55. The number of halogens is 2. The number of hydrogen-bond acceptors (Lipinski definition) is 5. The predicted octanol–water partition coefficient (Wildman–Crippen LogP) is 6.89. The fourth-order valence-corrected chi connectivity index (χ4v) is 5.70. The molecule has 36 heavy (non-hydrogen) atoms. The Kier molecular flexibility index (Phi) is 6.71. The van der Waals surface area contributed by atoms with Crippen molar-refractivity contribution in [2.45, 2.75) is 13.3 Å². The Morgan fingerprint density at radius 1 is 1.06 bits per heavy atom. The minimum atomic E-state index is -0.395. The highest BCUT2D eigenvalue weighted by molar-refractivity contribution is 7.12. The molecule has 1 N–H and O–H groups in total. The van der Waals surface area contributed by atoms with Crippen LogP contribution < -0.4 is 15.0 Å². The molecule has 5 rings (SSSR count). The summed E-state index contributed by atoms with van der Waals surface area (Å²) in [5, 5.41) is 4.50. The number of nitrogens with one attached hydrogen (secondary N) is 1. The second kappa shape index (κ2) is 9.93. The summed E-state index contributed by atoms with van der Waals surface area (Å²) in [6.07, 6.45) is 0.708. The number of ether oxygens (including phenoxy) is 1. The van der Waals surface area contributed by atoms with Gasteiger partial charge in [0.1, 0.15) is 5.75 Å². The van der Waals surface area contributed by atoms with E-state index in [1.54, 1.807) is 46.6 Å². The molecule has 0 spiro atoms. The van der Waals surface area contributed by atoms with E-state index >= 15 is 0 Å². The standard InChI is InChI=1S/C27H21Cl2N3O3S/c1-15-30-25-19-5-3-4-6-22(19)32(12-11-24(25)36-15)27(34)20-10-8-17(14-23(20)35-2)31-26(33)18-9-7-16(28)13-21(18)29/h3-10,13-14H,11-12H2,1-2H3,(H,31,33). The molecule has 9 heteroatoms. The van der Waals surface area contributed by atoms with Gasteiger partial charge in [-0.15, -0.1) is 11.3 Å². The molecule has 0 saturated heterocycles. The van der Waals surface area contributed by atoms with Crippen molar-refractivity contribution in [2.75, 3.05) is 23.9 Å². The first kappa shape index (κ1) is 24.3. The Morgan fingerprint density at radius 3 is 2.61 bits per heavy atom. The van der Waals surface area contributed by atoms with Crippen LogP contribution in [0.15, 0.2) is 60.7 Å². The van der Waals surface area contributed by atoms with Crippen molar-refractivity contribution < 1.29 is 14.3 Å². The normalized spacial score (nSPS) is 12.4. The summed E-state index contributed by atoms with van der Waals surface area (Å²) in [6.45, 7) is 2.51. The van der Waals surface area contributed by atoms with Gasteiger partial charge in [0.05, 0.1) is 39.6 Å². The summed E-state index contributed by atoms with van der Waals surface area (Å²) in [6, 6.07) is 17.4. The first-order chi connectivity index (χ1) is 17.4. The van der Waals surface area contributed by atoms with E-state index in [1.807, 2.05) is 31.2 Å². The van der Waals surface area contributed by atoms with Crippen LogP contribution in [-0.2, 0) is 6.42 Å². The van der Waals surface area contributed by atoms with Crippen LogP contribution in [-0.4, -0.2) is 30.5 Å². The van der Waals surface area contributed by atoms with Crippen LogP contribution >= 0.6 is 34.5 Å². The van der Waals surface area contributed by atoms with Crippen LogP contribution in [0.2, 0.25) is 10.0 Å². The van der Waals surface area contributed by atoms with Crippen molar-refractivity contribution >= 4 is 57.7 Å². The molecule has 1 aromatic heterocycles. The zero-order chi connectivity index (χ0) is 25.4. The van der Waals surface area contributed by atoms with Gasteiger partial charge in [0, 0.05) is 40.2 Å². The van der Waals surface area contributed by atoms with Gasteiger partial charge in [0.15, 0.2) is 0 Å². The molecule has 3 aromatic carbocycles. The summed E-state index contributed by atoms with van der Waals surface area (Å²) >= 11 is 13.8. The van der Waals surface area contributed by atoms with Gasteiger partial charge >= 0.3 is 0 Å². The van der Waals surface area contributed by atoms with Gasteiger partial charge in [-0.2, -0.15) is 0 Å². The maximum Gasteiger partial charge on any atom is 0.262 e. The van der Waals surface area contributed by atoms with E-state index in [9.17, 15) is 9.59 Å². The second-order valence-electron chi connectivity index (χ2n) is 8.22. The molecule has 0 fully saturated rings. The minimum absolute atomic E-state index is 0.190. The predicted molar refractivity (Wildman–Crippen MR) is 145 cm³/mol. The van der Waals surface area contributed by atoms with Crippen molar-refractivity contribution in [2.24, 2.45) is 0 Å². The fraction of sp³-hybridized carbons (Fsp3) is 0.148. The molecule has 1 aliphatic heterocycles. The monoisotopic (exact) mass is 537 g/mol. The quantitative estimate of drug-likeness (QED) is 0.307. The maximum atomic E-state index is 13.8. The van der Waals surface area contributed by atoms with Crippen LogP contribution in [0.4, 0.5) is 11.4 Å². The highest BCUT2D eigenvalue weighted by Gasteiger charge is 2.28. The van der Waals surface area contributed by atoms with E-state index < -0.39 is 5.91 Å². The number of methoxy groups -OCH3 is 1. The topological polar surface area (TPSA) is 71.5 Å². The smallest absolute Gasteiger partial charge is 0.262 e. The van der Waals surface area contributed by atoms with Crippen LogP contribution in [0.1, 0.15) is 30.6 Å². The molecule has 0 aliphatic carbocycles. The Labute approximate surface area is 222 Å². The van der Waals surface area contributed by atoms with Crippen molar-refractivity contribution in [3.63, 3.8) is 0 Å². The Hall–Kier alpha value is -3.39. The number of nitrogens with zero attached hydrogens (tertiary/aromatic N) is 2. The van der Waals surface area contributed by atoms with E-state index in [1.165, 1.54) is 18.1 Å². The summed E-state index contributed by atoms with van der Waals surface area (Å²) in [5.41, 5.74) is 3.84. The number of para-hydroxylation sites is 1. The van der Waals surface area contributed by atoms with E-state index in [4.69, 9.17) is 32.9 Å². The average Bonchev–Trinajstić information content (AvgIpc) is 3.17. The lowest BCUT2D eigenvalue weighted by Gasteiger charge is -2.24. The molecular weight excluding hydrogens is 517 g/mol. The Balaban J connectivity index is 1.44. The molecular formula is C27H21Cl2N3O3S. The number of aromatic nitrogens is 1. The van der Waals surface area contributed by atoms with E-state index in [2.05, 4.69) is 5.32 Å². The van der Waals surface area contributed by atoms with E-state index in [-0.39, 0.29) is 16.5 Å². The number of carbonyl (C=O) groups is 2. The average molecular weight is 538 g/mol. The van der Waals surface area contributed by atoms with Crippen LogP contribution in [0.5, 0.6) is 5.75 Å². The zero-order valence-corrected chi connectivity index (χ0v) is 21.8. The van der Waals surface area contributed by atoms with Crippen LogP contribution in [0.3, 0.4) is 0 Å². The van der Waals surface area contributed by atoms with Gasteiger partial charge in [-0.05, 0) is 43.3 Å². The largest absolute Gasteiger partial charge is 0.496 e. The number of hydrogen-bond donors (Lipinski definition) is 1. The van der Waals surface area contributed by atoms with E-state index in [0.717, 1.165) is 22.0 Å². The van der Waals surface area contributed by atoms with E-state index in [0.29, 0.717) is 35.0 Å². The Bertz CT molecular complexity index is 1500. The molecule has 0 bridgehead atoms. The lowest BCUT2D eigenvalue weighted by molar-refractivity contribution is 0.0983. The lowest BCUT2D eigenvalue weighted by Crippen LogP contribution is -2.32. The summed E-state index contributed by atoms with van der Waals surface area (Å²) in [5.74, 6) is -0.233. The van der Waals surface area contributed by atoms with Crippen molar-refractivity contribution in [1.82, 2.24) is 4.98 Å². The molecule has 1 aliphatic rings. The van der Waals surface area contributed by atoms with Crippen molar-refractivity contribution in [3.8, 4) is 17.0 Å². The Morgan fingerprint density at radius 2 is 1.83 bits per heavy atom. The number of thiazole rings is 1. The second-order valence-corrected chi connectivity index (χ2v) is 10.4. The summed E-state index contributed by atoms with van der Waals surface area (Å²) in [7, 11) is 1.49. The first-order valence-corrected chi connectivity index (χ1v) is 12.7. The molecule has 0 radical (unpaired) electrons. The molecule has 4 aromatic rings. The van der Waals surface area contributed by atoms with Gasteiger partial charge in [0.2, 0.25) is 0 Å². The number of aryl methyl sites for hydroxylation is 1. The van der Waals surface area contributed by atoms with Gasteiger partial charge in [-0.1, -0.05) is 41.4 Å². The number of benzene rings is 3. The number of rotatable bonds is 4. The number of anilines is 2. The van der Waals surface area contributed by atoms with Crippen molar-refractivity contribution in [1.29, 1.82) is 0 Å². The highest BCUT2D eigenvalue weighted by atomic mass is 35.5. The number of fused-ring (bicyclic) bond motifs is 3. The van der Waals surface area contributed by atoms with Gasteiger partial charge in [-0.3, -0.25) is 9.59 Å². The number of amides is 2. The van der Waals surface area contributed by atoms with Crippen LogP contribution in [0.25, 0.3) is 11.3 Å². The molecule has 0 atom stereocenters. The lowest BCUT2D eigenvalue weighted by atomic mass is 10.1. The first-order valence-electron chi connectivity index (χ1n) is 11.2.